The number of methoxy groups -OCH3 is 1. The number of thiazole rings is 1. The number of aromatic nitrogens is 1. The molecule has 0 fully saturated rings. The Morgan fingerprint density at radius 1 is 1.11 bits per heavy atom. The lowest BCUT2D eigenvalue weighted by atomic mass is 10.2. The molecule has 0 saturated carbocycles. The molecule has 1 aromatic heterocycles. The zero-order valence-corrected chi connectivity index (χ0v) is 17.2. The summed E-state index contributed by atoms with van der Waals surface area (Å²) >= 11 is 1.60. The summed E-state index contributed by atoms with van der Waals surface area (Å²) in [5.41, 5.74) is 2.80. The van der Waals surface area contributed by atoms with Crippen molar-refractivity contribution in [2.45, 2.75) is 25.2 Å². The Hall–Kier alpha value is -2.22. The minimum atomic E-state index is -3.56. The molecule has 1 heterocycles. The molecule has 3 aromatic rings. The molecule has 0 aliphatic heterocycles. The van der Waals surface area contributed by atoms with Crippen LogP contribution in [0.25, 0.3) is 10.6 Å². The van der Waals surface area contributed by atoms with Gasteiger partial charge in [0.15, 0.2) is 0 Å². The first-order valence-electron chi connectivity index (χ1n) is 8.57. The number of nitrogens with one attached hydrogen (secondary N) is 1. The molecule has 2 aromatic carbocycles. The van der Waals surface area contributed by atoms with Gasteiger partial charge < -0.3 is 4.74 Å². The number of rotatable bonds is 7. The van der Waals surface area contributed by atoms with Gasteiger partial charge in [-0.15, -0.1) is 11.3 Å². The molecule has 0 radical (unpaired) electrons. The van der Waals surface area contributed by atoms with E-state index in [1.807, 2.05) is 44.2 Å². The first-order chi connectivity index (χ1) is 12.9. The van der Waals surface area contributed by atoms with Crippen LogP contribution in [0.5, 0.6) is 5.75 Å². The standard InChI is InChI=1S/C20H22N2O3S2/c1-14-13-17(9-10-18(14)25-3)27(23,24)21-12-11-19-15(2)22-20(26-19)16-7-5-4-6-8-16/h4-10,13,21H,11-12H2,1-3H3. The smallest absolute Gasteiger partial charge is 0.240 e. The van der Waals surface area contributed by atoms with Crippen LogP contribution >= 0.6 is 11.3 Å². The summed E-state index contributed by atoms with van der Waals surface area (Å²) in [5, 5.41) is 0.955. The van der Waals surface area contributed by atoms with Crippen molar-refractivity contribution >= 4 is 21.4 Å². The number of sulfonamides is 1. The van der Waals surface area contributed by atoms with Crippen molar-refractivity contribution in [3.05, 3.63) is 64.7 Å². The summed E-state index contributed by atoms with van der Waals surface area (Å²) in [5.74, 6) is 0.669. The molecule has 0 unspecified atom stereocenters. The van der Waals surface area contributed by atoms with Crippen LogP contribution in [-0.4, -0.2) is 27.1 Å². The fourth-order valence-corrected chi connectivity index (χ4v) is 4.95. The van der Waals surface area contributed by atoms with Gasteiger partial charge in [-0.05, 0) is 44.0 Å². The Kier molecular flexibility index (Phi) is 5.94. The van der Waals surface area contributed by atoms with Crippen LogP contribution in [0.4, 0.5) is 0 Å². The third kappa shape index (κ3) is 4.55. The topological polar surface area (TPSA) is 68.3 Å². The van der Waals surface area contributed by atoms with E-state index in [0.717, 1.165) is 26.7 Å². The minimum absolute atomic E-state index is 0.242. The average Bonchev–Trinajstić information content (AvgIpc) is 3.03. The Balaban J connectivity index is 1.67. The van der Waals surface area contributed by atoms with E-state index < -0.39 is 10.0 Å². The van der Waals surface area contributed by atoms with Gasteiger partial charge in [-0.2, -0.15) is 0 Å². The lowest BCUT2D eigenvalue weighted by Gasteiger charge is -2.09. The van der Waals surface area contributed by atoms with E-state index >= 15 is 0 Å². The molecule has 7 heteroatoms. The van der Waals surface area contributed by atoms with Gasteiger partial charge >= 0.3 is 0 Å². The first-order valence-corrected chi connectivity index (χ1v) is 10.9. The second kappa shape index (κ2) is 8.21. The largest absolute Gasteiger partial charge is 0.496 e. The Bertz CT molecular complexity index is 1030. The fourth-order valence-electron chi connectivity index (χ4n) is 2.76. The number of ether oxygens (including phenoxy) is 1. The van der Waals surface area contributed by atoms with Crippen LogP contribution < -0.4 is 9.46 Å². The van der Waals surface area contributed by atoms with Crippen LogP contribution in [0.1, 0.15) is 16.1 Å². The van der Waals surface area contributed by atoms with Crippen LogP contribution in [0.15, 0.2) is 53.4 Å². The van der Waals surface area contributed by atoms with Gasteiger partial charge in [0.25, 0.3) is 0 Å². The molecule has 0 spiro atoms. The van der Waals surface area contributed by atoms with E-state index in [-0.39, 0.29) is 4.90 Å². The number of hydrogen-bond donors (Lipinski definition) is 1. The van der Waals surface area contributed by atoms with Crippen molar-refractivity contribution in [1.82, 2.24) is 9.71 Å². The van der Waals surface area contributed by atoms with Crippen molar-refractivity contribution in [1.29, 1.82) is 0 Å². The van der Waals surface area contributed by atoms with E-state index in [1.54, 1.807) is 36.6 Å². The van der Waals surface area contributed by atoms with Crippen molar-refractivity contribution in [2.75, 3.05) is 13.7 Å². The highest BCUT2D eigenvalue weighted by Crippen LogP contribution is 2.28. The first kappa shape index (κ1) is 19.5. The third-order valence-corrected chi connectivity index (χ3v) is 6.96. The maximum atomic E-state index is 12.5. The zero-order chi connectivity index (χ0) is 19.4. The van der Waals surface area contributed by atoms with Crippen molar-refractivity contribution in [3.8, 4) is 16.3 Å². The van der Waals surface area contributed by atoms with Gasteiger partial charge in [0, 0.05) is 17.0 Å². The van der Waals surface area contributed by atoms with Gasteiger partial charge in [-0.25, -0.2) is 18.1 Å². The van der Waals surface area contributed by atoms with E-state index in [0.29, 0.717) is 18.7 Å². The normalized spacial score (nSPS) is 11.5. The summed E-state index contributed by atoms with van der Waals surface area (Å²) in [6, 6.07) is 14.8. The fraction of sp³-hybridized carbons (Fsp3) is 0.250. The molecule has 27 heavy (non-hydrogen) atoms. The zero-order valence-electron chi connectivity index (χ0n) is 15.5. The quantitative estimate of drug-likeness (QED) is 0.650. The predicted molar refractivity (Wildman–Crippen MR) is 109 cm³/mol. The second-order valence-electron chi connectivity index (χ2n) is 6.17. The third-order valence-electron chi connectivity index (χ3n) is 4.23. The maximum absolute atomic E-state index is 12.5. The number of benzene rings is 2. The Morgan fingerprint density at radius 2 is 1.85 bits per heavy atom. The molecule has 0 saturated heterocycles. The van der Waals surface area contributed by atoms with Crippen molar-refractivity contribution in [3.63, 3.8) is 0 Å². The van der Waals surface area contributed by atoms with Crippen molar-refractivity contribution in [2.24, 2.45) is 0 Å². The molecule has 0 atom stereocenters. The lowest BCUT2D eigenvalue weighted by Crippen LogP contribution is -2.26. The molecule has 3 rings (SSSR count). The van der Waals surface area contributed by atoms with E-state index in [4.69, 9.17) is 4.74 Å². The average molecular weight is 403 g/mol. The second-order valence-corrected chi connectivity index (χ2v) is 9.02. The molecule has 0 amide bonds. The monoisotopic (exact) mass is 402 g/mol. The van der Waals surface area contributed by atoms with Gasteiger partial charge in [-0.1, -0.05) is 30.3 Å². The highest BCUT2D eigenvalue weighted by Gasteiger charge is 2.16. The molecule has 0 aliphatic rings. The number of aryl methyl sites for hydroxylation is 2. The maximum Gasteiger partial charge on any atom is 0.240 e. The van der Waals surface area contributed by atoms with Gasteiger partial charge in [0.05, 0.1) is 17.7 Å². The molecular weight excluding hydrogens is 380 g/mol. The lowest BCUT2D eigenvalue weighted by molar-refractivity contribution is 0.411. The van der Waals surface area contributed by atoms with Gasteiger partial charge in [0.1, 0.15) is 10.8 Å². The van der Waals surface area contributed by atoms with E-state index in [9.17, 15) is 8.42 Å². The summed E-state index contributed by atoms with van der Waals surface area (Å²) in [6.45, 7) is 4.11. The van der Waals surface area contributed by atoms with Crippen LogP contribution in [0, 0.1) is 13.8 Å². The summed E-state index contributed by atoms with van der Waals surface area (Å²) in [7, 11) is -1.99. The molecule has 0 bridgehead atoms. The Labute approximate surface area is 164 Å². The van der Waals surface area contributed by atoms with E-state index in [1.165, 1.54) is 0 Å². The van der Waals surface area contributed by atoms with Crippen LogP contribution in [0.2, 0.25) is 0 Å². The molecule has 142 valence electrons. The highest BCUT2D eigenvalue weighted by atomic mass is 32.2. The van der Waals surface area contributed by atoms with Gasteiger partial charge in [0.2, 0.25) is 10.0 Å². The molecular formula is C20H22N2O3S2. The van der Waals surface area contributed by atoms with Crippen LogP contribution in [-0.2, 0) is 16.4 Å². The molecule has 0 aliphatic carbocycles. The Morgan fingerprint density at radius 3 is 2.52 bits per heavy atom. The number of hydrogen-bond acceptors (Lipinski definition) is 5. The summed E-state index contributed by atoms with van der Waals surface area (Å²) in [4.78, 5) is 5.94. The minimum Gasteiger partial charge on any atom is -0.496 e. The summed E-state index contributed by atoms with van der Waals surface area (Å²) < 4.78 is 32.9. The van der Waals surface area contributed by atoms with Crippen LogP contribution in [0.3, 0.4) is 0 Å². The van der Waals surface area contributed by atoms with Crippen molar-refractivity contribution < 1.29 is 13.2 Å². The SMILES string of the molecule is COc1ccc(S(=O)(=O)NCCc2sc(-c3ccccc3)nc2C)cc1C. The predicted octanol–water partition coefficient (Wildman–Crippen LogP) is 3.96. The van der Waals surface area contributed by atoms with Gasteiger partial charge in [-0.3, -0.25) is 0 Å². The van der Waals surface area contributed by atoms with E-state index in [2.05, 4.69) is 9.71 Å². The number of nitrogens with zero attached hydrogens (tertiary/aromatic N) is 1. The highest BCUT2D eigenvalue weighted by molar-refractivity contribution is 7.89. The molecule has 1 N–H and O–H groups in total. The summed E-state index contributed by atoms with van der Waals surface area (Å²) in [6.07, 6.45) is 0.602. The molecule has 5 nitrogen and oxygen atoms in total.